The minimum absolute atomic E-state index is 0. The molecule has 0 bridgehead atoms. The van der Waals surface area contributed by atoms with Crippen molar-refractivity contribution in [2.24, 2.45) is 10.7 Å². The number of rotatable bonds is 5. The third-order valence-electron chi connectivity index (χ3n) is 3.42. The largest absolute Gasteiger partial charge is 0.370 e. The Bertz CT molecular complexity index is 413. The Hall–Kier alpha value is -0.370. The third-order valence-corrected chi connectivity index (χ3v) is 4.45. The van der Waals surface area contributed by atoms with Crippen LogP contribution in [0.4, 0.5) is 0 Å². The van der Waals surface area contributed by atoms with Gasteiger partial charge in [-0.2, -0.15) is 0 Å². The molecule has 20 heavy (non-hydrogen) atoms. The van der Waals surface area contributed by atoms with Gasteiger partial charge in [0.1, 0.15) is 0 Å². The van der Waals surface area contributed by atoms with Crippen LogP contribution in [0.15, 0.2) is 10.4 Å². The van der Waals surface area contributed by atoms with Crippen LogP contribution in [-0.2, 0) is 6.42 Å². The van der Waals surface area contributed by atoms with E-state index in [2.05, 4.69) is 20.3 Å². The predicted molar refractivity (Wildman–Crippen MR) is 97.1 cm³/mol. The van der Waals surface area contributed by atoms with Gasteiger partial charge in [-0.1, -0.05) is 0 Å². The summed E-state index contributed by atoms with van der Waals surface area (Å²) in [6.07, 6.45) is 7.13. The second kappa shape index (κ2) is 9.55. The number of nitrogens with zero attached hydrogens (tertiary/aromatic N) is 3. The van der Waals surface area contributed by atoms with Crippen LogP contribution in [0.5, 0.6) is 0 Å². The van der Waals surface area contributed by atoms with Crippen molar-refractivity contribution in [1.29, 1.82) is 0 Å². The lowest BCUT2D eigenvalue weighted by atomic mass is 10.1. The molecule has 0 atom stereocenters. The number of aliphatic imine (C=N–C) groups is 1. The number of halogens is 1. The second-order valence-electron chi connectivity index (χ2n) is 5.13. The van der Waals surface area contributed by atoms with Gasteiger partial charge in [0.05, 0.1) is 5.01 Å². The van der Waals surface area contributed by atoms with Crippen LogP contribution in [0.3, 0.4) is 0 Å². The summed E-state index contributed by atoms with van der Waals surface area (Å²) in [6.45, 7) is 5.04. The number of nitrogens with two attached hydrogens (primary N) is 1. The quantitative estimate of drug-likeness (QED) is 0.352. The van der Waals surface area contributed by atoms with E-state index in [-0.39, 0.29) is 24.0 Å². The summed E-state index contributed by atoms with van der Waals surface area (Å²) in [7, 11) is 0. The maximum atomic E-state index is 6.01. The smallest absolute Gasteiger partial charge is 0.191 e. The first-order valence-electron chi connectivity index (χ1n) is 7.21. The van der Waals surface area contributed by atoms with Gasteiger partial charge in [0.25, 0.3) is 0 Å². The van der Waals surface area contributed by atoms with E-state index in [0.29, 0.717) is 0 Å². The lowest BCUT2D eigenvalue weighted by Gasteiger charge is -2.27. The molecule has 4 nitrogen and oxygen atoms in total. The molecule has 0 aromatic carbocycles. The number of piperidine rings is 1. The second-order valence-corrected chi connectivity index (χ2v) is 6.07. The number of guanidine groups is 1. The maximum Gasteiger partial charge on any atom is 0.191 e. The van der Waals surface area contributed by atoms with Crippen LogP contribution in [0.2, 0.25) is 0 Å². The van der Waals surface area contributed by atoms with Gasteiger partial charge in [-0.25, -0.2) is 4.98 Å². The normalized spacial score (nSPS) is 16.1. The molecule has 1 aliphatic heterocycles. The molecule has 1 aliphatic rings. The van der Waals surface area contributed by atoms with Gasteiger partial charge in [-0.15, -0.1) is 35.3 Å². The Kier molecular flexibility index (Phi) is 8.44. The molecule has 1 fully saturated rings. The van der Waals surface area contributed by atoms with Crippen molar-refractivity contribution < 1.29 is 0 Å². The molecule has 2 rings (SSSR count). The lowest BCUT2D eigenvalue weighted by molar-refractivity contribution is 0.338. The van der Waals surface area contributed by atoms with Crippen LogP contribution >= 0.6 is 35.3 Å². The molecule has 0 saturated carbocycles. The molecule has 6 heteroatoms. The van der Waals surface area contributed by atoms with Gasteiger partial charge in [0.2, 0.25) is 0 Å². The fourth-order valence-corrected chi connectivity index (χ4v) is 3.14. The topological polar surface area (TPSA) is 54.5 Å². The van der Waals surface area contributed by atoms with E-state index >= 15 is 0 Å². The highest BCUT2D eigenvalue weighted by Gasteiger charge is 2.11. The zero-order valence-electron chi connectivity index (χ0n) is 12.2. The molecule has 0 spiro atoms. The summed E-state index contributed by atoms with van der Waals surface area (Å²) in [5.41, 5.74) is 7.14. The summed E-state index contributed by atoms with van der Waals surface area (Å²) in [4.78, 5) is 11.2. The van der Waals surface area contributed by atoms with Crippen molar-refractivity contribution in [2.45, 2.75) is 45.4 Å². The number of thiazole rings is 1. The molecule has 0 aliphatic carbocycles. The highest BCUT2D eigenvalue weighted by atomic mass is 127. The minimum atomic E-state index is 0. The van der Waals surface area contributed by atoms with E-state index in [0.717, 1.165) is 50.6 Å². The molecule has 1 saturated heterocycles. The molecule has 114 valence electrons. The summed E-state index contributed by atoms with van der Waals surface area (Å²) in [5.74, 6) is 0.741. The van der Waals surface area contributed by atoms with Gasteiger partial charge in [0, 0.05) is 30.7 Å². The summed E-state index contributed by atoms with van der Waals surface area (Å²) >= 11 is 1.76. The first-order chi connectivity index (χ1) is 9.25. The Morgan fingerprint density at radius 2 is 2.10 bits per heavy atom. The monoisotopic (exact) mass is 408 g/mol. The Balaban J connectivity index is 0.00000200. The highest BCUT2D eigenvalue weighted by Crippen LogP contribution is 2.12. The summed E-state index contributed by atoms with van der Waals surface area (Å²) < 4.78 is 0. The molecule has 1 aromatic heterocycles. The van der Waals surface area contributed by atoms with Crippen molar-refractivity contribution in [3.63, 3.8) is 0 Å². The summed E-state index contributed by atoms with van der Waals surface area (Å²) in [5, 5.41) is 3.35. The van der Waals surface area contributed by atoms with Gasteiger partial charge >= 0.3 is 0 Å². The molecular weight excluding hydrogens is 383 g/mol. The van der Waals surface area contributed by atoms with Crippen LogP contribution in [0.25, 0.3) is 0 Å². The van der Waals surface area contributed by atoms with Crippen molar-refractivity contribution in [3.8, 4) is 0 Å². The lowest BCUT2D eigenvalue weighted by Crippen LogP contribution is -2.40. The Labute approximate surface area is 142 Å². The zero-order valence-corrected chi connectivity index (χ0v) is 15.3. The van der Waals surface area contributed by atoms with Crippen LogP contribution in [0.1, 0.15) is 42.8 Å². The van der Waals surface area contributed by atoms with Crippen molar-refractivity contribution >= 4 is 41.3 Å². The standard InChI is InChI=1S/C14H24N4S.HI/c1-12-11-19-13(17-12)7-3-4-8-16-14(15)18-9-5-2-6-10-18;/h11H,2-10H2,1H3,(H2,15,16);1H. The molecule has 0 unspecified atom stereocenters. The fourth-order valence-electron chi connectivity index (χ4n) is 2.32. The highest BCUT2D eigenvalue weighted by molar-refractivity contribution is 14.0. The first kappa shape index (κ1) is 17.7. The van der Waals surface area contributed by atoms with E-state index in [1.54, 1.807) is 11.3 Å². The Morgan fingerprint density at radius 1 is 1.35 bits per heavy atom. The summed E-state index contributed by atoms with van der Waals surface area (Å²) in [6, 6.07) is 0. The molecule has 1 aromatic rings. The number of hydrogen-bond acceptors (Lipinski definition) is 3. The van der Waals surface area contributed by atoms with E-state index in [9.17, 15) is 0 Å². The van der Waals surface area contributed by atoms with E-state index < -0.39 is 0 Å². The number of aryl methyl sites for hydroxylation is 2. The first-order valence-corrected chi connectivity index (χ1v) is 8.09. The van der Waals surface area contributed by atoms with Gasteiger partial charge < -0.3 is 10.6 Å². The fraction of sp³-hybridized carbons (Fsp3) is 0.714. The van der Waals surface area contributed by atoms with Gasteiger partial charge in [0.15, 0.2) is 5.96 Å². The molecule has 0 radical (unpaired) electrons. The zero-order chi connectivity index (χ0) is 13.5. The molecule has 2 N–H and O–H groups in total. The van der Waals surface area contributed by atoms with E-state index in [1.807, 2.05) is 6.92 Å². The number of unbranched alkanes of at least 4 members (excludes halogenated alkanes) is 1. The predicted octanol–water partition coefficient (Wildman–Crippen LogP) is 3.19. The molecule has 0 amide bonds. The van der Waals surface area contributed by atoms with E-state index in [1.165, 1.54) is 24.3 Å². The average molecular weight is 408 g/mol. The Morgan fingerprint density at radius 3 is 2.75 bits per heavy atom. The number of likely N-dealkylation sites (tertiary alicyclic amines) is 1. The number of aromatic nitrogens is 1. The van der Waals surface area contributed by atoms with Crippen LogP contribution in [0, 0.1) is 6.92 Å². The van der Waals surface area contributed by atoms with Crippen molar-refractivity contribution in [1.82, 2.24) is 9.88 Å². The number of hydrogen-bond donors (Lipinski definition) is 1. The third kappa shape index (κ3) is 5.95. The maximum absolute atomic E-state index is 6.01. The minimum Gasteiger partial charge on any atom is -0.370 e. The van der Waals surface area contributed by atoms with Crippen molar-refractivity contribution in [3.05, 3.63) is 16.1 Å². The average Bonchev–Trinajstić information content (AvgIpc) is 2.85. The van der Waals surface area contributed by atoms with Crippen molar-refractivity contribution in [2.75, 3.05) is 19.6 Å². The van der Waals surface area contributed by atoms with Crippen LogP contribution < -0.4 is 5.73 Å². The SMILES string of the molecule is Cc1csc(CCCCN=C(N)N2CCCCC2)n1.I. The van der Waals surface area contributed by atoms with E-state index in [4.69, 9.17) is 5.73 Å². The van der Waals surface area contributed by atoms with Crippen LogP contribution in [-0.4, -0.2) is 35.5 Å². The van der Waals surface area contributed by atoms with Gasteiger partial charge in [-0.05, 0) is 45.4 Å². The van der Waals surface area contributed by atoms with Gasteiger partial charge in [-0.3, -0.25) is 4.99 Å². The molecular formula is C14H25IN4S. The molecule has 2 heterocycles.